The molecule has 34 heavy (non-hydrogen) atoms. The molecule has 3 aromatic rings. The molecule has 1 aliphatic heterocycles. The zero-order chi connectivity index (χ0) is 23.8. The van der Waals surface area contributed by atoms with Crippen LogP contribution in [-0.4, -0.2) is 66.2 Å². The molecule has 1 aromatic heterocycles. The van der Waals surface area contributed by atoms with Gasteiger partial charge in [-0.15, -0.1) is 0 Å². The van der Waals surface area contributed by atoms with Crippen LogP contribution in [0.4, 0.5) is 15.6 Å². The van der Waals surface area contributed by atoms with Crippen molar-refractivity contribution >= 4 is 40.0 Å². The Balaban J connectivity index is 1.17. The van der Waals surface area contributed by atoms with Gasteiger partial charge in [0, 0.05) is 62.2 Å². The summed E-state index contributed by atoms with van der Waals surface area (Å²) in [5.41, 5.74) is 1.82. The number of benzene rings is 2. The zero-order valence-corrected chi connectivity index (χ0v) is 20.7. The molecule has 2 amide bonds. The summed E-state index contributed by atoms with van der Waals surface area (Å²) in [6, 6.07) is 15.0. The highest BCUT2D eigenvalue weighted by molar-refractivity contribution is 7.09. The number of urea groups is 1. The highest BCUT2D eigenvalue weighted by Crippen LogP contribution is 2.23. The predicted molar refractivity (Wildman–Crippen MR) is 137 cm³/mol. The predicted octanol–water partition coefficient (Wildman–Crippen LogP) is 4.12. The van der Waals surface area contributed by atoms with Gasteiger partial charge in [0.2, 0.25) is 5.13 Å². The average molecular weight is 501 g/mol. The van der Waals surface area contributed by atoms with Gasteiger partial charge in [0.15, 0.2) is 0 Å². The molecule has 1 fully saturated rings. The molecule has 0 spiro atoms. The molecule has 1 saturated heterocycles. The molecule has 2 heterocycles. The fraction of sp³-hybridized carbons (Fsp3) is 0.375. The fourth-order valence-corrected chi connectivity index (χ4v) is 4.60. The number of aromatic nitrogens is 2. The SMILES string of the molecule is CCOc1ccccc1NC(=O)NCCN1CCN(c2nc(Cc3ccc(Cl)cc3)ns2)CC1. The number of ether oxygens (including phenoxy) is 1. The van der Waals surface area contributed by atoms with E-state index >= 15 is 0 Å². The first-order chi connectivity index (χ1) is 16.6. The van der Waals surface area contributed by atoms with Gasteiger partial charge in [-0.05, 0) is 36.8 Å². The normalized spacial score (nSPS) is 14.1. The maximum Gasteiger partial charge on any atom is 0.319 e. The Hall–Kier alpha value is -2.88. The lowest BCUT2D eigenvalue weighted by atomic mass is 10.1. The van der Waals surface area contributed by atoms with E-state index in [1.807, 2.05) is 55.5 Å². The van der Waals surface area contributed by atoms with Gasteiger partial charge in [-0.3, -0.25) is 4.90 Å². The highest BCUT2D eigenvalue weighted by Gasteiger charge is 2.20. The van der Waals surface area contributed by atoms with Crippen LogP contribution in [0.1, 0.15) is 18.3 Å². The topological polar surface area (TPSA) is 82.6 Å². The number of rotatable bonds is 9. The number of hydrogen-bond acceptors (Lipinski definition) is 7. The minimum Gasteiger partial charge on any atom is -0.492 e. The van der Waals surface area contributed by atoms with Crippen LogP contribution in [0.15, 0.2) is 48.5 Å². The van der Waals surface area contributed by atoms with Crippen LogP contribution >= 0.6 is 23.1 Å². The van der Waals surface area contributed by atoms with E-state index in [1.54, 1.807) is 0 Å². The molecule has 180 valence electrons. The summed E-state index contributed by atoms with van der Waals surface area (Å²) in [6.07, 6.45) is 0.705. The van der Waals surface area contributed by atoms with E-state index in [0.29, 0.717) is 31.0 Å². The van der Waals surface area contributed by atoms with Gasteiger partial charge < -0.3 is 20.3 Å². The molecule has 0 aliphatic carbocycles. The molecule has 1 aliphatic rings. The largest absolute Gasteiger partial charge is 0.492 e. The number of carbonyl (C=O) groups is 1. The Kier molecular flexibility index (Phi) is 8.56. The standard InChI is InChI=1S/C24H29ClN6O2S/c1-2-33-21-6-4-3-5-20(21)27-23(32)26-11-12-30-13-15-31(16-14-30)24-28-22(29-34-24)17-18-7-9-19(25)10-8-18/h3-10H,2,11-17H2,1H3,(H2,26,27,32). The summed E-state index contributed by atoms with van der Waals surface area (Å²) in [4.78, 5) is 21.6. The monoisotopic (exact) mass is 500 g/mol. The van der Waals surface area contributed by atoms with E-state index < -0.39 is 0 Å². The number of carbonyl (C=O) groups excluding carboxylic acids is 1. The molecule has 2 N–H and O–H groups in total. The fourth-order valence-electron chi connectivity index (χ4n) is 3.74. The number of halogens is 1. The average Bonchev–Trinajstić information content (AvgIpc) is 3.31. The van der Waals surface area contributed by atoms with Gasteiger partial charge in [-0.1, -0.05) is 35.9 Å². The third-order valence-corrected chi connectivity index (χ3v) is 6.59. The molecular weight excluding hydrogens is 472 g/mol. The van der Waals surface area contributed by atoms with Crippen molar-refractivity contribution in [3.8, 4) is 5.75 Å². The van der Waals surface area contributed by atoms with Crippen molar-refractivity contribution < 1.29 is 9.53 Å². The van der Waals surface area contributed by atoms with Gasteiger partial charge in [0.05, 0.1) is 12.3 Å². The van der Waals surface area contributed by atoms with Crippen LogP contribution in [-0.2, 0) is 6.42 Å². The number of para-hydroxylation sites is 2. The maximum atomic E-state index is 12.3. The second-order valence-corrected chi connectivity index (χ2v) is 9.10. The number of nitrogens with one attached hydrogen (secondary N) is 2. The Morgan fingerprint density at radius 3 is 2.65 bits per heavy atom. The van der Waals surface area contributed by atoms with Crippen LogP contribution in [0.2, 0.25) is 5.02 Å². The molecule has 2 aromatic carbocycles. The summed E-state index contributed by atoms with van der Waals surface area (Å²) >= 11 is 7.41. The summed E-state index contributed by atoms with van der Waals surface area (Å²) in [5, 5.41) is 7.49. The lowest BCUT2D eigenvalue weighted by Crippen LogP contribution is -2.48. The minimum atomic E-state index is -0.229. The first-order valence-electron chi connectivity index (χ1n) is 11.4. The van der Waals surface area contributed by atoms with Crippen LogP contribution in [0.3, 0.4) is 0 Å². The summed E-state index contributed by atoms with van der Waals surface area (Å²) < 4.78 is 10.1. The summed E-state index contributed by atoms with van der Waals surface area (Å²) in [5.74, 6) is 1.51. The van der Waals surface area contributed by atoms with Crippen LogP contribution in [0.5, 0.6) is 5.75 Å². The maximum absolute atomic E-state index is 12.3. The smallest absolute Gasteiger partial charge is 0.319 e. The lowest BCUT2D eigenvalue weighted by molar-refractivity contribution is 0.240. The van der Waals surface area contributed by atoms with Gasteiger partial charge in [-0.2, -0.15) is 4.37 Å². The molecule has 8 nitrogen and oxygen atoms in total. The van der Waals surface area contributed by atoms with Gasteiger partial charge >= 0.3 is 6.03 Å². The van der Waals surface area contributed by atoms with E-state index in [9.17, 15) is 4.79 Å². The lowest BCUT2D eigenvalue weighted by Gasteiger charge is -2.34. The summed E-state index contributed by atoms with van der Waals surface area (Å²) in [7, 11) is 0. The molecule has 4 rings (SSSR count). The van der Waals surface area contributed by atoms with Gasteiger partial charge in [0.25, 0.3) is 0 Å². The van der Waals surface area contributed by atoms with Crippen molar-refractivity contribution in [3.63, 3.8) is 0 Å². The van der Waals surface area contributed by atoms with Crippen molar-refractivity contribution in [2.45, 2.75) is 13.3 Å². The molecule has 0 atom stereocenters. The Morgan fingerprint density at radius 2 is 1.88 bits per heavy atom. The molecular formula is C24H29ClN6O2S. The summed E-state index contributed by atoms with van der Waals surface area (Å²) in [6.45, 7) is 7.46. The second kappa shape index (κ2) is 12.0. The van der Waals surface area contributed by atoms with Gasteiger partial charge in [-0.25, -0.2) is 9.78 Å². The van der Waals surface area contributed by atoms with Crippen LogP contribution < -0.4 is 20.3 Å². The van der Waals surface area contributed by atoms with Crippen molar-refractivity contribution in [1.29, 1.82) is 0 Å². The van der Waals surface area contributed by atoms with Crippen LogP contribution in [0, 0.1) is 0 Å². The van der Waals surface area contributed by atoms with Crippen molar-refractivity contribution in [2.75, 3.05) is 56.1 Å². The first kappa shape index (κ1) is 24.3. The van der Waals surface area contributed by atoms with Crippen molar-refractivity contribution in [1.82, 2.24) is 19.6 Å². The van der Waals surface area contributed by atoms with Crippen molar-refractivity contribution in [2.24, 2.45) is 0 Å². The first-order valence-corrected chi connectivity index (χ1v) is 12.6. The van der Waals surface area contributed by atoms with E-state index in [0.717, 1.165) is 54.3 Å². The van der Waals surface area contributed by atoms with E-state index in [1.165, 1.54) is 11.5 Å². The highest BCUT2D eigenvalue weighted by atomic mass is 35.5. The van der Waals surface area contributed by atoms with Crippen molar-refractivity contribution in [3.05, 3.63) is 64.9 Å². The zero-order valence-electron chi connectivity index (χ0n) is 19.2. The number of anilines is 2. The molecule has 0 radical (unpaired) electrons. The number of hydrogen-bond donors (Lipinski definition) is 2. The third kappa shape index (κ3) is 6.82. The van der Waals surface area contributed by atoms with E-state index in [4.69, 9.17) is 21.3 Å². The second-order valence-electron chi connectivity index (χ2n) is 7.94. The van der Waals surface area contributed by atoms with E-state index in [2.05, 4.69) is 24.8 Å². The Morgan fingerprint density at radius 1 is 1.12 bits per heavy atom. The molecule has 10 heteroatoms. The van der Waals surface area contributed by atoms with E-state index in [-0.39, 0.29) is 6.03 Å². The molecule has 0 saturated carbocycles. The number of piperazine rings is 1. The molecule has 0 unspecified atom stereocenters. The number of nitrogens with zero attached hydrogens (tertiary/aromatic N) is 4. The van der Waals surface area contributed by atoms with Crippen LogP contribution in [0.25, 0.3) is 0 Å². The quantitative estimate of drug-likeness (QED) is 0.460. The Bertz CT molecular complexity index is 1070. The minimum absolute atomic E-state index is 0.229. The Labute approximate surface area is 209 Å². The van der Waals surface area contributed by atoms with Gasteiger partial charge in [0.1, 0.15) is 11.6 Å². The number of amides is 2. The molecule has 0 bridgehead atoms. The third-order valence-electron chi connectivity index (χ3n) is 5.52.